The topological polar surface area (TPSA) is 49.8 Å². The molecule has 4 nitrogen and oxygen atoms in total. The van der Waals surface area contributed by atoms with Crippen LogP contribution in [0.5, 0.6) is 0 Å². The molecule has 2 aromatic heterocycles. The third kappa shape index (κ3) is 3.87. The Hall–Kier alpha value is -2.30. The molecule has 0 aliphatic rings. The third-order valence-corrected chi connectivity index (χ3v) is 3.53. The minimum Gasteiger partial charge on any atom is -0.468 e. The first-order chi connectivity index (χ1) is 10.8. The fourth-order valence-corrected chi connectivity index (χ4v) is 2.46. The fraction of sp³-hybridized carbons (Fsp3) is 0.222. The van der Waals surface area contributed by atoms with Crippen molar-refractivity contribution in [3.63, 3.8) is 0 Å². The first-order valence-electron chi connectivity index (χ1n) is 7.31. The fourth-order valence-electron chi connectivity index (χ4n) is 2.46. The van der Waals surface area contributed by atoms with Gasteiger partial charge in [0.15, 0.2) is 0 Å². The van der Waals surface area contributed by atoms with Crippen molar-refractivity contribution in [1.29, 1.82) is 0 Å². The summed E-state index contributed by atoms with van der Waals surface area (Å²) in [6.07, 6.45) is 2.77. The lowest BCUT2D eigenvalue weighted by Crippen LogP contribution is -2.27. The van der Waals surface area contributed by atoms with Gasteiger partial charge in [-0.05, 0) is 29.8 Å². The normalized spacial score (nSPS) is 12.6. The zero-order chi connectivity index (χ0) is 15.2. The lowest BCUT2D eigenvalue weighted by Gasteiger charge is -2.23. The summed E-state index contributed by atoms with van der Waals surface area (Å²) in [6, 6.07) is 17.3. The predicted molar refractivity (Wildman–Crippen MR) is 82.9 cm³/mol. The van der Waals surface area contributed by atoms with Gasteiger partial charge in [0.25, 0.3) is 0 Å². The highest BCUT2D eigenvalue weighted by molar-refractivity contribution is 5.17. The summed E-state index contributed by atoms with van der Waals surface area (Å²) in [6.45, 7) is 1.75. The van der Waals surface area contributed by atoms with Crippen LogP contribution in [0, 0.1) is 0 Å². The molecule has 2 heterocycles. The van der Waals surface area contributed by atoms with Crippen molar-refractivity contribution >= 4 is 0 Å². The van der Waals surface area contributed by atoms with Crippen LogP contribution in [0.15, 0.2) is 76.0 Å². The van der Waals surface area contributed by atoms with Crippen LogP contribution >= 0.6 is 0 Å². The van der Waals surface area contributed by atoms with Gasteiger partial charge in [0.2, 0.25) is 0 Å². The molecule has 4 heteroatoms. The van der Waals surface area contributed by atoms with E-state index in [-0.39, 0.29) is 0 Å². The highest BCUT2D eigenvalue weighted by Gasteiger charge is 2.16. The maximum absolute atomic E-state index is 10.4. The van der Waals surface area contributed by atoms with E-state index in [0.29, 0.717) is 19.6 Å². The maximum Gasteiger partial charge on any atom is 0.117 e. The molecule has 22 heavy (non-hydrogen) atoms. The summed E-state index contributed by atoms with van der Waals surface area (Å²) in [4.78, 5) is 2.11. The molecular weight excluding hydrogens is 278 g/mol. The summed E-state index contributed by atoms with van der Waals surface area (Å²) in [5.41, 5.74) is 0.909. The Balaban J connectivity index is 1.70. The minimum absolute atomic E-state index is 0.505. The lowest BCUT2D eigenvalue weighted by atomic mass is 10.1. The van der Waals surface area contributed by atoms with Crippen LogP contribution in [0.25, 0.3) is 0 Å². The molecule has 114 valence electrons. The lowest BCUT2D eigenvalue weighted by molar-refractivity contribution is 0.0961. The molecule has 0 spiro atoms. The maximum atomic E-state index is 10.4. The van der Waals surface area contributed by atoms with E-state index in [9.17, 15) is 5.11 Å². The molecular formula is C18H19NO3. The van der Waals surface area contributed by atoms with Gasteiger partial charge in [-0.2, -0.15) is 0 Å². The van der Waals surface area contributed by atoms with Crippen molar-refractivity contribution in [3.8, 4) is 0 Å². The molecule has 1 aromatic carbocycles. The summed E-state index contributed by atoms with van der Waals surface area (Å²) in [5, 5.41) is 10.4. The van der Waals surface area contributed by atoms with Crippen LogP contribution in [0.4, 0.5) is 0 Å². The number of hydrogen-bond donors (Lipinski definition) is 1. The van der Waals surface area contributed by atoms with Crippen molar-refractivity contribution in [3.05, 3.63) is 84.2 Å². The van der Waals surface area contributed by atoms with E-state index in [0.717, 1.165) is 17.1 Å². The SMILES string of the molecule is OC(CN(Cc1ccco1)Cc1ccco1)c1ccccc1. The van der Waals surface area contributed by atoms with Gasteiger partial charge in [-0.1, -0.05) is 30.3 Å². The average Bonchev–Trinajstić information content (AvgIpc) is 3.22. The van der Waals surface area contributed by atoms with Gasteiger partial charge in [0, 0.05) is 6.54 Å². The number of rotatable bonds is 7. The standard InChI is InChI=1S/C18H19NO3/c20-18(15-6-2-1-3-7-15)14-19(12-16-8-4-10-21-16)13-17-9-5-11-22-17/h1-11,18,20H,12-14H2. The van der Waals surface area contributed by atoms with Crippen molar-refractivity contribution < 1.29 is 13.9 Å². The second-order valence-electron chi connectivity index (χ2n) is 5.25. The first-order valence-corrected chi connectivity index (χ1v) is 7.31. The van der Waals surface area contributed by atoms with Crippen LogP contribution in [-0.2, 0) is 13.1 Å². The Labute approximate surface area is 129 Å². The minimum atomic E-state index is -0.550. The van der Waals surface area contributed by atoms with Crippen molar-refractivity contribution in [2.45, 2.75) is 19.2 Å². The summed E-state index contributed by atoms with van der Waals surface area (Å²) < 4.78 is 10.8. The molecule has 0 fully saturated rings. The molecule has 0 aliphatic heterocycles. The van der Waals surface area contributed by atoms with Gasteiger partial charge in [-0.25, -0.2) is 0 Å². The van der Waals surface area contributed by atoms with Gasteiger partial charge in [0.05, 0.1) is 31.7 Å². The Morgan fingerprint density at radius 3 is 1.91 bits per heavy atom. The van der Waals surface area contributed by atoms with Crippen LogP contribution in [0.2, 0.25) is 0 Å². The molecule has 0 aliphatic carbocycles. The van der Waals surface area contributed by atoms with Crippen LogP contribution in [0.1, 0.15) is 23.2 Å². The molecule has 3 rings (SSSR count). The predicted octanol–water partition coefficient (Wildman–Crippen LogP) is 3.61. The van der Waals surface area contributed by atoms with Gasteiger partial charge in [-0.15, -0.1) is 0 Å². The van der Waals surface area contributed by atoms with E-state index in [1.165, 1.54) is 0 Å². The smallest absolute Gasteiger partial charge is 0.117 e. The molecule has 1 N–H and O–H groups in total. The molecule has 1 atom stereocenters. The molecule has 0 radical (unpaired) electrons. The zero-order valence-electron chi connectivity index (χ0n) is 12.3. The van der Waals surface area contributed by atoms with Gasteiger partial charge in [0.1, 0.15) is 11.5 Å². The summed E-state index contributed by atoms with van der Waals surface area (Å²) >= 11 is 0. The molecule has 0 saturated carbocycles. The number of aliphatic hydroxyl groups excluding tert-OH is 1. The average molecular weight is 297 g/mol. The van der Waals surface area contributed by atoms with Gasteiger partial charge >= 0.3 is 0 Å². The van der Waals surface area contributed by atoms with Crippen molar-refractivity contribution in [2.24, 2.45) is 0 Å². The van der Waals surface area contributed by atoms with Crippen LogP contribution < -0.4 is 0 Å². The molecule has 0 saturated heterocycles. The van der Waals surface area contributed by atoms with Gasteiger partial charge < -0.3 is 13.9 Å². The van der Waals surface area contributed by atoms with E-state index in [1.54, 1.807) is 12.5 Å². The first kappa shape index (κ1) is 14.6. The number of nitrogens with zero attached hydrogens (tertiary/aromatic N) is 1. The highest BCUT2D eigenvalue weighted by Crippen LogP contribution is 2.18. The quantitative estimate of drug-likeness (QED) is 0.724. The van der Waals surface area contributed by atoms with Crippen molar-refractivity contribution in [2.75, 3.05) is 6.54 Å². The third-order valence-electron chi connectivity index (χ3n) is 3.53. The number of benzene rings is 1. The van der Waals surface area contributed by atoms with E-state index in [4.69, 9.17) is 8.83 Å². The number of furan rings is 2. The van der Waals surface area contributed by atoms with Crippen molar-refractivity contribution in [1.82, 2.24) is 4.90 Å². The summed E-state index contributed by atoms with van der Waals surface area (Å²) in [7, 11) is 0. The summed E-state index contributed by atoms with van der Waals surface area (Å²) in [5.74, 6) is 1.73. The van der Waals surface area contributed by atoms with E-state index in [2.05, 4.69) is 4.90 Å². The highest BCUT2D eigenvalue weighted by atomic mass is 16.3. The Morgan fingerprint density at radius 1 is 0.818 bits per heavy atom. The Kier molecular flexibility index (Phi) is 4.73. The zero-order valence-corrected chi connectivity index (χ0v) is 12.3. The Bertz CT molecular complexity index is 611. The molecule has 0 amide bonds. The van der Waals surface area contributed by atoms with E-state index >= 15 is 0 Å². The second kappa shape index (κ2) is 7.11. The largest absolute Gasteiger partial charge is 0.468 e. The van der Waals surface area contributed by atoms with Crippen LogP contribution in [-0.4, -0.2) is 16.6 Å². The molecule has 0 bridgehead atoms. The van der Waals surface area contributed by atoms with Crippen LogP contribution in [0.3, 0.4) is 0 Å². The second-order valence-corrected chi connectivity index (χ2v) is 5.25. The van der Waals surface area contributed by atoms with E-state index < -0.39 is 6.10 Å². The molecule has 3 aromatic rings. The Morgan fingerprint density at radius 2 is 1.41 bits per heavy atom. The van der Waals surface area contributed by atoms with Gasteiger partial charge in [-0.3, -0.25) is 4.90 Å². The number of hydrogen-bond acceptors (Lipinski definition) is 4. The monoisotopic (exact) mass is 297 g/mol. The van der Waals surface area contributed by atoms with E-state index in [1.807, 2.05) is 54.6 Å². The molecule has 1 unspecified atom stereocenters. The number of aliphatic hydroxyl groups is 1.